The smallest absolute Gasteiger partial charge is 0.226 e. The Morgan fingerprint density at radius 1 is 1.28 bits per heavy atom. The van der Waals surface area contributed by atoms with Crippen molar-refractivity contribution in [1.82, 2.24) is 20.0 Å². The highest BCUT2D eigenvalue weighted by atomic mass is 35.5. The number of rotatable bonds is 2. The topological polar surface area (TPSA) is 92.9 Å². The van der Waals surface area contributed by atoms with Gasteiger partial charge in [-0.1, -0.05) is 23.7 Å². The van der Waals surface area contributed by atoms with E-state index in [1.54, 1.807) is 35.0 Å². The number of carbonyl (C=O) groups excluding carboxylic acids is 1. The van der Waals surface area contributed by atoms with Crippen molar-refractivity contribution in [2.45, 2.75) is 19.3 Å². The number of aromatic nitrogens is 4. The van der Waals surface area contributed by atoms with Crippen LogP contribution in [0.15, 0.2) is 36.4 Å². The summed E-state index contributed by atoms with van der Waals surface area (Å²) in [4.78, 5) is 12.3. The summed E-state index contributed by atoms with van der Waals surface area (Å²) in [5.41, 5.74) is 2.54. The predicted octanol–water partition coefficient (Wildman–Crippen LogP) is 2.80. The Morgan fingerprint density at radius 2 is 2.12 bits per heavy atom. The van der Waals surface area contributed by atoms with Gasteiger partial charge in [0.2, 0.25) is 5.91 Å². The van der Waals surface area contributed by atoms with Gasteiger partial charge in [0.25, 0.3) is 0 Å². The van der Waals surface area contributed by atoms with Crippen LogP contribution in [0, 0.1) is 6.92 Å². The fourth-order valence-electron chi connectivity index (χ4n) is 3.16. The van der Waals surface area contributed by atoms with E-state index in [0.29, 0.717) is 11.6 Å². The van der Waals surface area contributed by atoms with Gasteiger partial charge in [-0.3, -0.25) is 4.79 Å². The highest BCUT2D eigenvalue weighted by molar-refractivity contribution is 6.29. The molecular weight excluding hydrogens is 342 g/mol. The largest absolute Gasteiger partial charge is 0.508 e. The van der Waals surface area contributed by atoms with E-state index in [1.807, 2.05) is 13.0 Å². The molecule has 3 heterocycles. The van der Waals surface area contributed by atoms with Crippen LogP contribution in [0.4, 0.5) is 5.82 Å². The number of aromatic hydroxyl groups is 1. The van der Waals surface area contributed by atoms with Crippen LogP contribution in [0.3, 0.4) is 0 Å². The zero-order chi connectivity index (χ0) is 17.6. The van der Waals surface area contributed by atoms with E-state index in [0.717, 1.165) is 16.8 Å². The van der Waals surface area contributed by atoms with Crippen LogP contribution in [0.2, 0.25) is 5.15 Å². The van der Waals surface area contributed by atoms with Crippen molar-refractivity contribution in [1.29, 1.82) is 0 Å². The lowest BCUT2D eigenvalue weighted by molar-refractivity contribution is -0.116. The molecule has 25 heavy (non-hydrogen) atoms. The number of benzene rings is 1. The minimum absolute atomic E-state index is 0.121. The Bertz CT molecular complexity index is 968. The molecule has 2 aromatic heterocycles. The summed E-state index contributed by atoms with van der Waals surface area (Å²) in [5, 5.41) is 25.3. The molecule has 0 unspecified atom stereocenters. The number of hydrogen-bond acceptors (Lipinski definition) is 5. The number of phenolic OH excluding ortho intramolecular Hbond substituents is 1. The van der Waals surface area contributed by atoms with Gasteiger partial charge in [-0.05, 0) is 36.8 Å². The number of nitrogens with zero attached hydrogens (tertiary/aromatic N) is 4. The van der Waals surface area contributed by atoms with Crippen molar-refractivity contribution >= 4 is 23.3 Å². The van der Waals surface area contributed by atoms with Gasteiger partial charge in [-0.25, -0.2) is 0 Å². The zero-order valence-corrected chi connectivity index (χ0v) is 14.0. The predicted molar refractivity (Wildman–Crippen MR) is 92.1 cm³/mol. The summed E-state index contributed by atoms with van der Waals surface area (Å²) < 4.78 is 1.56. The van der Waals surface area contributed by atoms with E-state index in [1.165, 1.54) is 0 Å². The molecule has 0 radical (unpaired) electrons. The number of anilines is 1. The SMILES string of the molecule is Cc1nn(-c2ccc(Cl)nn2)c2c1[C@H](c1cccc(O)c1)CC(=O)N2. The Balaban J connectivity index is 1.87. The molecule has 0 saturated carbocycles. The van der Waals surface area contributed by atoms with Gasteiger partial charge in [0.05, 0.1) is 5.69 Å². The van der Waals surface area contributed by atoms with E-state index in [9.17, 15) is 9.90 Å². The van der Waals surface area contributed by atoms with Crippen molar-refractivity contribution in [2.24, 2.45) is 0 Å². The molecule has 0 bridgehead atoms. The lowest BCUT2D eigenvalue weighted by Gasteiger charge is -2.24. The van der Waals surface area contributed by atoms with Crippen LogP contribution >= 0.6 is 11.6 Å². The summed E-state index contributed by atoms with van der Waals surface area (Å²) >= 11 is 5.79. The second-order valence-corrected chi connectivity index (χ2v) is 6.26. The molecular formula is C17H14ClN5O2. The molecule has 0 saturated heterocycles. The maximum absolute atomic E-state index is 12.3. The first-order valence-corrected chi connectivity index (χ1v) is 8.08. The van der Waals surface area contributed by atoms with Gasteiger partial charge in [-0.2, -0.15) is 9.78 Å². The average Bonchev–Trinajstić information content (AvgIpc) is 2.91. The lowest BCUT2D eigenvalue weighted by Crippen LogP contribution is -2.25. The van der Waals surface area contributed by atoms with Gasteiger partial charge >= 0.3 is 0 Å². The van der Waals surface area contributed by atoms with Gasteiger partial charge in [0, 0.05) is 17.9 Å². The third-order valence-electron chi connectivity index (χ3n) is 4.21. The second kappa shape index (κ2) is 5.86. The first-order chi connectivity index (χ1) is 12.0. The molecule has 0 aliphatic carbocycles. The normalized spacial score (nSPS) is 16.4. The number of nitrogens with one attached hydrogen (secondary N) is 1. The number of amides is 1. The first-order valence-electron chi connectivity index (χ1n) is 7.71. The molecule has 0 spiro atoms. The van der Waals surface area contributed by atoms with Crippen LogP contribution in [0.1, 0.15) is 29.2 Å². The van der Waals surface area contributed by atoms with Crippen LogP contribution in [0.5, 0.6) is 5.75 Å². The van der Waals surface area contributed by atoms with Gasteiger partial charge in [0.1, 0.15) is 11.6 Å². The number of carbonyl (C=O) groups is 1. The highest BCUT2D eigenvalue weighted by Crippen LogP contribution is 2.40. The standard InChI is InChI=1S/C17H14ClN5O2/c1-9-16-12(10-3-2-4-11(24)7-10)8-15(25)19-17(16)23(22-9)14-6-5-13(18)20-21-14/h2-7,12,24H,8H2,1H3,(H,19,25)/t12-/m0/s1. The minimum atomic E-state index is -0.190. The summed E-state index contributed by atoms with van der Waals surface area (Å²) in [6.45, 7) is 1.88. The summed E-state index contributed by atoms with van der Waals surface area (Å²) in [6.07, 6.45) is 0.287. The van der Waals surface area contributed by atoms with Gasteiger partial charge in [-0.15, -0.1) is 10.2 Å². The van der Waals surface area contributed by atoms with Crippen molar-refractivity contribution in [3.05, 3.63) is 58.4 Å². The minimum Gasteiger partial charge on any atom is -0.508 e. The van der Waals surface area contributed by atoms with Crippen LogP contribution < -0.4 is 5.32 Å². The monoisotopic (exact) mass is 355 g/mol. The van der Waals surface area contributed by atoms with Crippen molar-refractivity contribution in [2.75, 3.05) is 5.32 Å². The Morgan fingerprint density at radius 3 is 2.84 bits per heavy atom. The van der Waals surface area contributed by atoms with Crippen LogP contribution in [-0.2, 0) is 4.79 Å². The van der Waals surface area contributed by atoms with E-state index in [2.05, 4.69) is 20.6 Å². The maximum Gasteiger partial charge on any atom is 0.226 e. The van der Waals surface area contributed by atoms with Crippen molar-refractivity contribution < 1.29 is 9.90 Å². The maximum atomic E-state index is 12.3. The highest BCUT2D eigenvalue weighted by Gasteiger charge is 2.33. The molecule has 1 aliphatic heterocycles. The summed E-state index contributed by atoms with van der Waals surface area (Å²) in [5.74, 6) is 0.886. The Labute approximate surface area is 148 Å². The van der Waals surface area contributed by atoms with Crippen molar-refractivity contribution in [3.63, 3.8) is 0 Å². The van der Waals surface area contributed by atoms with E-state index >= 15 is 0 Å². The molecule has 1 amide bonds. The number of fused-ring (bicyclic) bond motifs is 1. The number of halogens is 1. The van der Waals surface area contributed by atoms with Crippen LogP contribution in [-0.4, -0.2) is 31.0 Å². The molecule has 1 aliphatic rings. The van der Waals surface area contributed by atoms with Crippen molar-refractivity contribution in [3.8, 4) is 11.6 Å². The average molecular weight is 356 g/mol. The van der Waals surface area contributed by atoms with E-state index < -0.39 is 0 Å². The Kier molecular flexibility index (Phi) is 3.65. The second-order valence-electron chi connectivity index (χ2n) is 5.87. The third kappa shape index (κ3) is 2.72. The molecule has 7 nitrogen and oxygen atoms in total. The van der Waals surface area contributed by atoms with Crippen LogP contribution in [0.25, 0.3) is 5.82 Å². The summed E-state index contributed by atoms with van der Waals surface area (Å²) in [6, 6.07) is 10.2. The fourth-order valence-corrected chi connectivity index (χ4v) is 3.26. The number of phenols is 1. The van der Waals surface area contributed by atoms with Gasteiger partial charge in [0.15, 0.2) is 11.0 Å². The number of aryl methyl sites for hydroxylation is 1. The Hall–Kier alpha value is -2.93. The zero-order valence-electron chi connectivity index (χ0n) is 13.3. The van der Waals surface area contributed by atoms with E-state index in [4.69, 9.17) is 11.6 Å². The van der Waals surface area contributed by atoms with Gasteiger partial charge < -0.3 is 10.4 Å². The molecule has 2 N–H and O–H groups in total. The third-order valence-corrected chi connectivity index (χ3v) is 4.41. The molecule has 126 valence electrons. The molecule has 8 heteroatoms. The summed E-state index contributed by atoms with van der Waals surface area (Å²) in [7, 11) is 0. The molecule has 1 atom stereocenters. The molecule has 1 aromatic carbocycles. The molecule has 0 fully saturated rings. The number of hydrogen-bond donors (Lipinski definition) is 2. The lowest BCUT2D eigenvalue weighted by atomic mass is 9.86. The molecule has 4 rings (SSSR count). The first kappa shape index (κ1) is 15.6. The van der Waals surface area contributed by atoms with E-state index in [-0.39, 0.29) is 29.1 Å². The fraction of sp³-hybridized carbons (Fsp3) is 0.176. The quantitative estimate of drug-likeness (QED) is 0.737. The molecule has 3 aromatic rings.